The zero-order valence-corrected chi connectivity index (χ0v) is 16.2. The fourth-order valence-electron chi connectivity index (χ4n) is 3.11. The first-order valence-corrected chi connectivity index (χ1v) is 9.53. The van der Waals surface area contributed by atoms with Gasteiger partial charge in [0.1, 0.15) is 24.3 Å². The lowest BCUT2D eigenvalue weighted by atomic mass is 10.2. The first kappa shape index (κ1) is 19.5. The van der Waals surface area contributed by atoms with Crippen LogP contribution in [0.15, 0.2) is 42.5 Å². The molecular weight excluding hydrogens is 401 g/mol. The standard InChI is InChI=1S/C21H19ClFNO5/c22-17-2-1-3-18(23)16(17)5-7-21(25)24-8-9-26-15(11-24)12-27-14-4-6-19-20(10-14)29-13-28-19/h1-7,10,15H,8-9,11-13H2/b7-5+. The smallest absolute Gasteiger partial charge is 0.246 e. The zero-order valence-electron chi connectivity index (χ0n) is 15.5. The van der Waals surface area contributed by atoms with Crippen LogP contribution in [0.25, 0.3) is 6.08 Å². The predicted octanol–water partition coefficient (Wildman–Crippen LogP) is 3.53. The van der Waals surface area contributed by atoms with Gasteiger partial charge in [0.05, 0.1) is 18.2 Å². The molecule has 2 heterocycles. The van der Waals surface area contributed by atoms with E-state index in [0.717, 1.165) is 0 Å². The molecule has 0 radical (unpaired) electrons. The van der Waals surface area contributed by atoms with Crippen molar-refractivity contribution in [1.29, 1.82) is 0 Å². The third-order valence-electron chi connectivity index (χ3n) is 4.62. The normalized spacial score (nSPS) is 18.3. The van der Waals surface area contributed by atoms with Crippen molar-refractivity contribution < 1.29 is 28.1 Å². The number of benzene rings is 2. The number of halogens is 2. The Kier molecular flexibility index (Phi) is 5.87. The SMILES string of the molecule is O=C(/C=C/c1c(F)cccc1Cl)N1CCOC(COc2ccc3c(c2)OCO3)C1. The van der Waals surface area contributed by atoms with Crippen LogP contribution in [0.5, 0.6) is 17.2 Å². The van der Waals surface area contributed by atoms with Gasteiger partial charge in [-0.3, -0.25) is 4.79 Å². The van der Waals surface area contributed by atoms with Crippen molar-refractivity contribution in [1.82, 2.24) is 4.90 Å². The second kappa shape index (κ2) is 8.71. The summed E-state index contributed by atoms with van der Waals surface area (Å²) in [5, 5.41) is 0.256. The molecule has 2 aromatic rings. The van der Waals surface area contributed by atoms with Gasteiger partial charge in [-0.25, -0.2) is 4.39 Å². The molecule has 152 valence electrons. The Balaban J connectivity index is 1.33. The van der Waals surface area contributed by atoms with Crippen LogP contribution < -0.4 is 14.2 Å². The van der Waals surface area contributed by atoms with E-state index >= 15 is 0 Å². The van der Waals surface area contributed by atoms with Crippen molar-refractivity contribution in [3.05, 3.63) is 58.9 Å². The Morgan fingerprint density at radius 3 is 3.00 bits per heavy atom. The number of hydrogen-bond donors (Lipinski definition) is 0. The molecule has 6 nitrogen and oxygen atoms in total. The number of morpholine rings is 1. The molecule has 1 amide bonds. The summed E-state index contributed by atoms with van der Waals surface area (Å²) < 4.78 is 35.9. The van der Waals surface area contributed by atoms with E-state index in [-0.39, 0.29) is 36.0 Å². The molecule has 0 N–H and O–H groups in total. The highest BCUT2D eigenvalue weighted by Gasteiger charge is 2.24. The summed E-state index contributed by atoms with van der Waals surface area (Å²) >= 11 is 5.99. The minimum atomic E-state index is -0.474. The Morgan fingerprint density at radius 1 is 1.28 bits per heavy atom. The molecule has 2 aliphatic rings. The molecule has 0 aromatic heterocycles. The number of fused-ring (bicyclic) bond motifs is 1. The Bertz CT molecular complexity index is 915. The molecule has 0 bridgehead atoms. The highest BCUT2D eigenvalue weighted by atomic mass is 35.5. The van der Waals surface area contributed by atoms with Gasteiger partial charge in [0.25, 0.3) is 0 Å². The Morgan fingerprint density at radius 2 is 2.14 bits per heavy atom. The molecule has 1 saturated heterocycles. The van der Waals surface area contributed by atoms with E-state index in [9.17, 15) is 9.18 Å². The average molecular weight is 420 g/mol. The Labute approximate surface area is 172 Å². The molecule has 1 atom stereocenters. The van der Waals surface area contributed by atoms with E-state index in [0.29, 0.717) is 36.9 Å². The number of amides is 1. The van der Waals surface area contributed by atoms with Gasteiger partial charge < -0.3 is 23.8 Å². The van der Waals surface area contributed by atoms with Crippen LogP contribution in [0.2, 0.25) is 5.02 Å². The van der Waals surface area contributed by atoms with Gasteiger partial charge >= 0.3 is 0 Å². The maximum atomic E-state index is 13.8. The van der Waals surface area contributed by atoms with E-state index in [4.69, 9.17) is 30.5 Å². The van der Waals surface area contributed by atoms with Gasteiger partial charge in [0.15, 0.2) is 11.5 Å². The van der Waals surface area contributed by atoms with E-state index in [2.05, 4.69) is 0 Å². The van der Waals surface area contributed by atoms with Crippen molar-refractivity contribution in [3.63, 3.8) is 0 Å². The average Bonchev–Trinajstić information content (AvgIpc) is 3.20. The van der Waals surface area contributed by atoms with Crippen molar-refractivity contribution >= 4 is 23.6 Å². The van der Waals surface area contributed by atoms with Crippen molar-refractivity contribution in [2.24, 2.45) is 0 Å². The summed E-state index contributed by atoms with van der Waals surface area (Å²) in [5.74, 6) is 1.25. The van der Waals surface area contributed by atoms with Gasteiger partial charge in [-0.05, 0) is 30.3 Å². The lowest BCUT2D eigenvalue weighted by molar-refractivity contribution is -0.134. The first-order valence-electron chi connectivity index (χ1n) is 9.15. The number of ether oxygens (including phenoxy) is 4. The summed E-state index contributed by atoms with van der Waals surface area (Å²) in [4.78, 5) is 14.1. The van der Waals surface area contributed by atoms with E-state index in [1.54, 1.807) is 29.2 Å². The number of rotatable bonds is 5. The third kappa shape index (κ3) is 4.63. The molecule has 0 aliphatic carbocycles. The third-order valence-corrected chi connectivity index (χ3v) is 4.95. The van der Waals surface area contributed by atoms with Crippen LogP contribution in [-0.2, 0) is 9.53 Å². The molecule has 1 unspecified atom stereocenters. The van der Waals surface area contributed by atoms with Crippen LogP contribution in [0, 0.1) is 5.82 Å². The zero-order chi connectivity index (χ0) is 20.2. The number of hydrogen-bond acceptors (Lipinski definition) is 5. The van der Waals surface area contributed by atoms with Gasteiger partial charge in [-0.2, -0.15) is 0 Å². The monoisotopic (exact) mass is 419 g/mol. The topological polar surface area (TPSA) is 57.2 Å². The minimum Gasteiger partial charge on any atom is -0.491 e. The van der Waals surface area contributed by atoms with Crippen molar-refractivity contribution in [2.75, 3.05) is 33.1 Å². The molecule has 4 rings (SSSR count). The van der Waals surface area contributed by atoms with Gasteiger partial charge in [0, 0.05) is 24.3 Å². The molecule has 29 heavy (non-hydrogen) atoms. The maximum Gasteiger partial charge on any atom is 0.246 e. The van der Waals surface area contributed by atoms with Gasteiger partial charge in [-0.15, -0.1) is 0 Å². The predicted molar refractivity (Wildman–Crippen MR) is 105 cm³/mol. The first-order chi connectivity index (χ1) is 14.1. The van der Waals surface area contributed by atoms with Crippen LogP contribution in [0.4, 0.5) is 4.39 Å². The summed E-state index contributed by atoms with van der Waals surface area (Å²) in [6, 6.07) is 9.73. The van der Waals surface area contributed by atoms with Crippen molar-refractivity contribution in [3.8, 4) is 17.2 Å². The summed E-state index contributed by atoms with van der Waals surface area (Å²) in [6.07, 6.45) is 2.45. The number of carbonyl (C=O) groups excluding carboxylic acids is 1. The van der Waals surface area contributed by atoms with Crippen LogP contribution in [0.1, 0.15) is 5.56 Å². The molecular formula is C21H19ClFNO5. The molecule has 8 heteroatoms. The highest BCUT2D eigenvalue weighted by molar-refractivity contribution is 6.32. The van der Waals surface area contributed by atoms with E-state index < -0.39 is 5.82 Å². The molecule has 2 aliphatic heterocycles. The second-order valence-corrected chi connectivity index (χ2v) is 6.98. The lowest BCUT2D eigenvalue weighted by Gasteiger charge is -2.32. The van der Waals surface area contributed by atoms with Crippen molar-refractivity contribution in [2.45, 2.75) is 6.10 Å². The van der Waals surface area contributed by atoms with Crippen LogP contribution in [-0.4, -0.2) is 50.0 Å². The summed E-state index contributed by atoms with van der Waals surface area (Å²) in [5.41, 5.74) is 0.193. The van der Waals surface area contributed by atoms with E-state index in [1.165, 1.54) is 24.3 Å². The highest BCUT2D eigenvalue weighted by Crippen LogP contribution is 2.35. The lowest BCUT2D eigenvalue weighted by Crippen LogP contribution is -2.47. The fraction of sp³-hybridized carbons (Fsp3) is 0.286. The van der Waals surface area contributed by atoms with E-state index in [1.807, 2.05) is 0 Å². The quantitative estimate of drug-likeness (QED) is 0.694. The van der Waals surface area contributed by atoms with Gasteiger partial charge in [0.2, 0.25) is 12.7 Å². The van der Waals surface area contributed by atoms with Gasteiger partial charge in [-0.1, -0.05) is 17.7 Å². The molecule has 2 aromatic carbocycles. The molecule has 1 fully saturated rings. The summed E-state index contributed by atoms with van der Waals surface area (Å²) in [6.45, 7) is 1.71. The largest absolute Gasteiger partial charge is 0.491 e. The minimum absolute atomic E-state index is 0.193. The Hall–Kier alpha value is -2.77. The fourth-order valence-corrected chi connectivity index (χ4v) is 3.33. The number of carbonyl (C=O) groups is 1. The van der Waals surface area contributed by atoms with Crippen LogP contribution in [0.3, 0.4) is 0 Å². The number of nitrogens with zero attached hydrogens (tertiary/aromatic N) is 1. The summed E-state index contributed by atoms with van der Waals surface area (Å²) in [7, 11) is 0. The maximum absolute atomic E-state index is 13.8. The molecule has 0 saturated carbocycles. The van der Waals surface area contributed by atoms with Crippen LogP contribution >= 0.6 is 11.6 Å². The second-order valence-electron chi connectivity index (χ2n) is 6.57. The molecule has 0 spiro atoms.